The Kier molecular flexibility index (Phi) is 6.32. The van der Waals surface area contributed by atoms with E-state index in [-0.39, 0.29) is 30.7 Å². The maximum Gasteiger partial charge on any atom is 0.255 e. The van der Waals surface area contributed by atoms with Crippen molar-refractivity contribution in [3.63, 3.8) is 0 Å². The van der Waals surface area contributed by atoms with E-state index in [9.17, 15) is 14.0 Å². The molecule has 24 heavy (non-hydrogen) atoms. The van der Waals surface area contributed by atoms with Gasteiger partial charge in [0.2, 0.25) is 5.91 Å². The fourth-order valence-electron chi connectivity index (χ4n) is 2.16. The largest absolute Gasteiger partial charge is 0.350 e. The molecule has 0 aliphatic carbocycles. The normalized spacial score (nSPS) is 10.3. The molecule has 0 radical (unpaired) electrons. The first-order valence-corrected chi connectivity index (χ1v) is 7.94. The van der Waals surface area contributed by atoms with Crippen molar-refractivity contribution in [2.75, 3.05) is 13.1 Å². The van der Waals surface area contributed by atoms with Crippen molar-refractivity contribution >= 4 is 23.4 Å². The molecule has 0 saturated heterocycles. The number of rotatable bonds is 6. The summed E-state index contributed by atoms with van der Waals surface area (Å²) in [4.78, 5) is 25.9. The van der Waals surface area contributed by atoms with E-state index >= 15 is 0 Å². The second-order valence-electron chi connectivity index (χ2n) is 5.20. The molecule has 6 heteroatoms. The van der Waals surface area contributed by atoms with Gasteiger partial charge in [-0.3, -0.25) is 9.59 Å². The Bertz CT molecular complexity index is 719. The molecule has 2 rings (SSSR count). The number of likely N-dealkylation sites (N-methyl/N-ethyl adjacent to an activating group) is 1. The van der Waals surface area contributed by atoms with Gasteiger partial charge in [-0.2, -0.15) is 0 Å². The molecule has 2 aromatic carbocycles. The number of hydrogen-bond donors (Lipinski definition) is 1. The van der Waals surface area contributed by atoms with E-state index in [0.29, 0.717) is 17.1 Å². The molecule has 0 aliphatic heterocycles. The van der Waals surface area contributed by atoms with Crippen LogP contribution in [0.5, 0.6) is 0 Å². The van der Waals surface area contributed by atoms with Crippen molar-refractivity contribution in [2.45, 2.75) is 13.5 Å². The fraction of sp³-hybridized carbons (Fsp3) is 0.222. The number of nitrogens with one attached hydrogen (secondary N) is 1. The van der Waals surface area contributed by atoms with E-state index in [1.807, 2.05) is 0 Å². The number of benzene rings is 2. The molecule has 0 unspecified atom stereocenters. The van der Waals surface area contributed by atoms with E-state index in [0.717, 1.165) is 5.56 Å². The molecule has 2 aromatic rings. The predicted molar refractivity (Wildman–Crippen MR) is 91.3 cm³/mol. The molecule has 4 nitrogen and oxygen atoms in total. The van der Waals surface area contributed by atoms with Crippen molar-refractivity contribution in [3.05, 3.63) is 70.5 Å². The van der Waals surface area contributed by atoms with Gasteiger partial charge in [0.05, 0.1) is 17.1 Å². The quantitative estimate of drug-likeness (QED) is 0.871. The molecule has 0 saturated carbocycles. The summed E-state index contributed by atoms with van der Waals surface area (Å²) in [5, 5.41) is 3.07. The van der Waals surface area contributed by atoms with Crippen LogP contribution in [-0.2, 0) is 11.3 Å². The lowest BCUT2D eigenvalue weighted by Gasteiger charge is -2.21. The highest BCUT2D eigenvalue weighted by Gasteiger charge is 2.19. The van der Waals surface area contributed by atoms with Crippen LogP contribution in [0.15, 0.2) is 48.5 Å². The molecule has 0 spiro atoms. The second-order valence-corrected chi connectivity index (χ2v) is 5.61. The smallest absolute Gasteiger partial charge is 0.255 e. The van der Waals surface area contributed by atoms with Crippen molar-refractivity contribution < 1.29 is 14.0 Å². The van der Waals surface area contributed by atoms with Crippen LogP contribution in [0.1, 0.15) is 22.8 Å². The third kappa shape index (κ3) is 4.80. The number of hydrogen-bond acceptors (Lipinski definition) is 2. The first kappa shape index (κ1) is 17.9. The topological polar surface area (TPSA) is 49.4 Å². The summed E-state index contributed by atoms with van der Waals surface area (Å²) in [5.41, 5.74) is 1.15. The number of nitrogens with zero attached hydrogens (tertiary/aromatic N) is 1. The van der Waals surface area contributed by atoms with Crippen molar-refractivity contribution in [3.8, 4) is 0 Å². The van der Waals surface area contributed by atoms with Crippen molar-refractivity contribution in [2.24, 2.45) is 0 Å². The van der Waals surface area contributed by atoms with Crippen molar-refractivity contribution in [1.82, 2.24) is 10.2 Å². The minimum atomic E-state index is -0.326. The van der Waals surface area contributed by atoms with Gasteiger partial charge in [-0.15, -0.1) is 0 Å². The molecular weight excluding hydrogens is 331 g/mol. The molecule has 0 heterocycles. The molecule has 0 fully saturated rings. The third-order valence-corrected chi connectivity index (χ3v) is 3.84. The maximum atomic E-state index is 12.8. The molecule has 1 N–H and O–H groups in total. The Morgan fingerprint density at radius 3 is 2.42 bits per heavy atom. The first-order chi connectivity index (χ1) is 11.5. The maximum absolute atomic E-state index is 12.8. The van der Waals surface area contributed by atoms with E-state index < -0.39 is 0 Å². The lowest BCUT2D eigenvalue weighted by atomic mass is 10.2. The third-order valence-electron chi connectivity index (χ3n) is 3.51. The van der Waals surface area contributed by atoms with Crippen LogP contribution in [0.2, 0.25) is 5.02 Å². The van der Waals surface area contributed by atoms with Gasteiger partial charge in [-0.05, 0) is 36.8 Å². The number of halogens is 2. The Hall–Kier alpha value is -2.40. The van der Waals surface area contributed by atoms with Crippen LogP contribution >= 0.6 is 11.6 Å². The average Bonchev–Trinajstić information content (AvgIpc) is 2.59. The molecule has 0 aromatic heterocycles. The van der Waals surface area contributed by atoms with Crippen LogP contribution in [0.25, 0.3) is 0 Å². The second kappa shape index (κ2) is 8.45. The highest BCUT2D eigenvalue weighted by atomic mass is 35.5. The number of amides is 2. The van der Waals surface area contributed by atoms with Gasteiger partial charge in [0, 0.05) is 13.1 Å². The van der Waals surface area contributed by atoms with Crippen LogP contribution in [0, 0.1) is 5.82 Å². The van der Waals surface area contributed by atoms with E-state index in [2.05, 4.69) is 5.32 Å². The molecule has 0 aliphatic rings. The minimum absolute atomic E-state index is 0.0677. The zero-order valence-electron chi connectivity index (χ0n) is 13.3. The van der Waals surface area contributed by atoms with Gasteiger partial charge < -0.3 is 10.2 Å². The van der Waals surface area contributed by atoms with E-state index in [1.54, 1.807) is 43.3 Å². The highest BCUT2D eigenvalue weighted by Crippen LogP contribution is 2.17. The molecule has 0 bridgehead atoms. The minimum Gasteiger partial charge on any atom is -0.350 e. The number of carbonyl (C=O) groups is 2. The summed E-state index contributed by atoms with van der Waals surface area (Å²) in [6.45, 7) is 2.38. The van der Waals surface area contributed by atoms with Gasteiger partial charge in [-0.25, -0.2) is 4.39 Å². The first-order valence-electron chi connectivity index (χ1n) is 7.56. The number of carbonyl (C=O) groups excluding carboxylic acids is 2. The summed E-state index contributed by atoms with van der Waals surface area (Å²) in [6.07, 6.45) is 0. The van der Waals surface area contributed by atoms with E-state index in [1.165, 1.54) is 17.0 Å². The molecule has 126 valence electrons. The van der Waals surface area contributed by atoms with Gasteiger partial charge in [0.15, 0.2) is 0 Å². The van der Waals surface area contributed by atoms with Gasteiger partial charge in [-0.1, -0.05) is 35.9 Å². The average molecular weight is 349 g/mol. The zero-order valence-corrected chi connectivity index (χ0v) is 14.0. The predicted octanol–water partition coefficient (Wildman–Crippen LogP) is 3.26. The van der Waals surface area contributed by atoms with Crippen molar-refractivity contribution in [1.29, 1.82) is 0 Å². The van der Waals surface area contributed by atoms with Crippen LogP contribution < -0.4 is 5.32 Å². The lowest BCUT2D eigenvalue weighted by Crippen LogP contribution is -2.40. The van der Waals surface area contributed by atoms with Crippen LogP contribution in [-0.4, -0.2) is 29.8 Å². The van der Waals surface area contributed by atoms with Gasteiger partial charge in [0.25, 0.3) is 5.91 Å². The molecule has 0 atom stereocenters. The monoisotopic (exact) mass is 348 g/mol. The summed E-state index contributed by atoms with van der Waals surface area (Å²) in [7, 11) is 0. The highest BCUT2D eigenvalue weighted by molar-refractivity contribution is 6.33. The molecular formula is C18H18ClFN2O2. The summed E-state index contributed by atoms with van der Waals surface area (Å²) < 4.78 is 12.8. The summed E-state index contributed by atoms with van der Waals surface area (Å²) in [6, 6.07) is 12.6. The Morgan fingerprint density at radius 2 is 1.79 bits per heavy atom. The fourth-order valence-corrected chi connectivity index (χ4v) is 2.38. The van der Waals surface area contributed by atoms with Gasteiger partial charge >= 0.3 is 0 Å². The van der Waals surface area contributed by atoms with Crippen LogP contribution in [0.3, 0.4) is 0 Å². The summed E-state index contributed by atoms with van der Waals surface area (Å²) >= 11 is 6.03. The van der Waals surface area contributed by atoms with E-state index in [4.69, 9.17) is 11.6 Å². The zero-order chi connectivity index (χ0) is 17.5. The molecule has 2 amide bonds. The van der Waals surface area contributed by atoms with Crippen LogP contribution in [0.4, 0.5) is 4.39 Å². The summed E-state index contributed by atoms with van der Waals surface area (Å²) in [5.74, 6) is -0.908. The Labute approximate surface area is 145 Å². The Balaban J connectivity index is 1.94. The SMILES string of the molecule is CCN(CC(=O)NCc1ccc(F)cc1)C(=O)c1ccccc1Cl. The Morgan fingerprint density at radius 1 is 1.12 bits per heavy atom. The van der Waals surface area contributed by atoms with Gasteiger partial charge in [0.1, 0.15) is 5.82 Å². The standard InChI is InChI=1S/C18H18ClFN2O2/c1-2-22(18(24)15-5-3-4-6-16(15)19)12-17(23)21-11-13-7-9-14(20)10-8-13/h3-10H,2,11-12H2,1H3,(H,21,23). The lowest BCUT2D eigenvalue weighted by molar-refractivity contribution is -0.121.